The summed E-state index contributed by atoms with van der Waals surface area (Å²) in [5.74, 6) is 0.752. The molecule has 0 saturated heterocycles. The van der Waals surface area contributed by atoms with Crippen LogP contribution in [0.1, 0.15) is 72.3 Å². The fourth-order valence-electron chi connectivity index (χ4n) is 4.24. The van der Waals surface area contributed by atoms with E-state index in [1.54, 1.807) is 18.1 Å². The molecule has 10 heteroatoms. The second kappa shape index (κ2) is 11.9. The van der Waals surface area contributed by atoms with Crippen molar-refractivity contribution in [2.75, 3.05) is 45.8 Å². The van der Waals surface area contributed by atoms with Crippen molar-refractivity contribution in [2.45, 2.75) is 46.6 Å². The number of amides is 1. The maximum absolute atomic E-state index is 13.5. The summed E-state index contributed by atoms with van der Waals surface area (Å²) in [4.78, 5) is 34.0. The van der Waals surface area contributed by atoms with Crippen LogP contribution in [0.25, 0.3) is 0 Å². The van der Waals surface area contributed by atoms with Crippen molar-refractivity contribution >= 4 is 40.2 Å². The van der Waals surface area contributed by atoms with Gasteiger partial charge in [0.1, 0.15) is 17.3 Å². The quantitative estimate of drug-likeness (QED) is 0.431. The largest absolute Gasteiger partial charge is 0.494 e. The summed E-state index contributed by atoms with van der Waals surface area (Å²) in [5, 5.41) is 11.2. The van der Waals surface area contributed by atoms with Gasteiger partial charge in [-0.1, -0.05) is 20.8 Å². The van der Waals surface area contributed by atoms with Crippen LogP contribution in [-0.4, -0.2) is 68.3 Å². The van der Waals surface area contributed by atoms with Gasteiger partial charge in [0.05, 0.1) is 25.9 Å². The average molecular weight is 577 g/mol. The molecule has 202 valence electrons. The Morgan fingerprint density at radius 1 is 1.22 bits per heavy atom. The molecular weight excluding hydrogens is 538 g/mol. The summed E-state index contributed by atoms with van der Waals surface area (Å²) >= 11 is 0. The van der Waals surface area contributed by atoms with Gasteiger partial charge < -0.3 is 24.6 Å². The lowest BCUT2D eigenvalue weighted by molar-refractivity contribution is 0.0949. The fraction of sp³-hybridized carbons (Fsp3) is 0.481. The van der Waals surface area contributed by atoms with Crippen molar-refractivity contribution in [3.63, 3.8) is 0 Å². The minimum atomic E-state index is -0.385. The van der Waals surface area contributed by atoms with Crippen LogP contribution in [0.2, 0.25) is 0 Å². The number of rotatable bonds is 9. The summed E-state index contributed by atoms with van der Waals surface area (Å²) in [6, 6.07) is 5.51. The average Bonchev–Trinajstić information content (AvgIpc) is 3.15. The first kappa shape index (κ1) is 30.1. The summed E-state index contributed by atoms with van der Waals surface area (Å²) in [6.07, 6.45) is 0. The van der Waals surface area contributed by atoms with Crippen molar-refractivity contribution < 1.29 is 19.1 Å². The molecule has 0 radical (unpaired) electrons. The number of amidine groups is 1. The highest BCUT2D eigenvalue weighted by Crippen LogP contribution is 2.40. The predicted octanol–water partition coefficient (Wildman–Crippen LogP) is 4.20. The maximum atomic E-state index is 13.5. The Morgan fingerprint density at radius 3 is 2.43 bits per heavy atom. The predicted molar refractivity (Wildman–Crippen MR) is 151 cm³/mol. The van der Waals surface area contributed by atoms with E-state index in [4.69, 9.17) is 14.9 Å². The number of Topliss-reactive ketones (excluding diaryl/α,β-unsaturated/α-hetero) is 1. The van der Waals surface area contributed by atoms with Gasteiger partial charge in [-0.2, -0.15) is 0 Å². The van der Waals surface area contributed by atoms with Gasteiger partial charge in [0.15, 0.2) is 17.2 Å². The normalized spacial score (nSPS) is 12.5. The first-order valence-electron chi connectivity index (χ1n) is 12.2. The number of pyridine rings is 1. The van der Waals surface area contributed by atoms with E-state index < -0.39 is 0 Å². The van der Waals surface area contributed by atoms with Crippen molar-refractivity contribution in [1.29, 1.82) is 5.41 Å². The highest BCUT2D eigenvalue weighted by Gasteiger charge is 2.32. The number of nitrogens with zero attached hydrogens (tertiary/aromatic N) is 3. The van der Waals surface area contributed by atoms with E-state index in [1.807, 2.05) is 33.0 Å². The number of ketones is 1. The van der Waals surface area contributed by atoms with Gasteiger partial charge in [-0.25, -0.2) is 4.98 Å². The Hall–Kier alpha value is -3.14. The number of hydrogen-bond acceptors (Lipinski definition) is 7. The topological polar surface area (TPSA) is 108 Å². The molecule has 2 heterocycles. The highest BCUT2D eigenvalue weighted by atomic mass is 79.9. The zero-order valence-corrected chi connectivity index (χ0v) is 24.7. The third-order valence-electron chi connectivity index (χ3n) is 6.33. The first-order chi connectivity index (χ1) is 17.0. The van der Waals surface area contributed by atoms with Crippen LogP contribution < -0.4 is 19.7 Å². The summed E-state index contributed by atoms with van der Waals surface area (Å²) in [6.45, 7) is 11.6. The van der Waals surface area contributed by atoms with E-state index in [2.05, 4.69) is 36.0 Å². The van der Waals surface area contributed by atoms with Gasteiger partial charge in [0.2, 0.25) is 0 Å². The van der Waals surface area contributed by atoms with Crippen molar-refractivity contribution in [3.05, 3.63) is 46.3 Å². The number of benzene rings is 1. The zero-order chi connectivity index (χ0) is 26.8. The smallest absolute Gasteiger partial charge is 0.273 e. The van der Waals surface area contributed by atoms with Crippen LogP contribution in [0, 0.1) is 5.41 Å². The molecule has 2 aromatic rings. The van der Waals surface area contributed by atoms with E-state index in [0.29, 0.717) is 30.2 Å². The Morgan fingerprint density at radius 2 is 1.89 bits per heavy atom. The van der Waals surface area contributed by atoms with Gasteiger partial charge in [-0.3, -0.25) is 15.0 Å². The minimum Gasteiger partial charge on any atom is -0.494 e. The maximum Gasteiger partial charge on any atom is 0.273 e. The van der Waals surface area contributed by atoms with Gasteiger partial charge in [-0.05, 0) is 37.5 Å². The number of nitrogens with one attached hydrogen (secondary N) is 2. The number of carbonyl (C=O) groups excluding carboxylic acids is 2. The Bertz CT molecular complexity index is 1190. The van der Waals surface area contributed by atoms with Gasteiger partial charge in [0.25, 0.3) is 5.91 Å². The Kier molecular flexibility index (Phi) is 9.71. The Labute approximate surface area is 229 Å². The zero-order valence-electron chi connectivity index (χ0n) is 22.9. The van der Waals surface area contributed by atoms with Gasteiger partial charge in [-0.15, -0.1) is 17.0 Å². The first-order valence-corrected chi connectivity index (χ1v) is 12.2. The molecule has 3 rings (SSSR count). The number of hydrogen-bond donors (Lipinski definition) is 2. The van der Waals surface area contributed by atoms with Crippen molar-refractivity contribution in [1.82, 2.24) is 15.2 Å². The molecule has 0 saturated carbocycles. The van der Waals surface area contributed by atoms with Gasteiger partial charge in [0, 0.05) is 43.9 Å². The molecule has 37 heavy (non-hydrogen) atoms. The number of halogens is 1. The molecule has 1 aromatic carbocycles. The lowest BCUT2D eigenvalue weighted by atomic mass is 9.84. The van der Waals surface area contributed by atoms with E-state index in [1.165, 1.54) is 7.05 Å². The molecule has 0 fully saturated rings. The van der Waals surface area contributed by atoms with Gasteiger partial charge >= 0.3 is 0 Å². The highest BCUT2D eigenvalue weighted by molar-refractivity contribution is 8.93. The second-order valence-electron chi connectivity index (χ2n) is 9.82. The monoisotopic (exact) mass is 575 g/mol. The molecule has 0 aliphatic carbocycles. The molecule has 1 aromatic heterocycles. The Balaban J connectivity index is 0.00000481. The molecule has 0 atom stereocenters. The summed E-state index contributed by atoms with van der Waals surface area (Å²) < 4.78 is 11.4. The van der Waals surface area contributed by atoms with Crippen molar-refractivity contribution in [3.8, 4) is 11.5 Å². The van der Waals surface area contributed by atoms with Crippen LogP contribution in [0.3, 0.4) is 0 Å². The van der Waals surface area contributed by atoms with Crippen LogP contribution in [0.4, 0.5) is 5.69 Å². The number of ether oxygens (including phenoxy) is 2. The summed E-state index contributed by atoms with van der Waals surface area (Å²) in [7, 11) is 5.14. The fourth-order valence-corrected chi connectivity index (χ4v) is 4.24. The van der Waals surface area contributed by atoms with E-state index in [9.17, 15) is 9.59 Å². The van der Waals surface area contributed by atoms with E-state index >= 15 is 0 Å². The molecule has 1 aliphatic heterocycles. The standard InChI is InChI=1S/C27H37N5O4.BrH/c1-9-31(7)19-12-16(11-18(24(19)35-8)27(3,4)5)20(33)15-32-14-17-13-21(36-10-2)23(26(34)29-6)30-22(17)25(32)28;/h11-13,28H,9-10,14-15H2,1-8H3,(H,29,34);1H. The molecule has 2 N–H and O–H groups in total. The molecular formula is C27H38BrN5O4. The van der Waals surface area contributed by atoms with E-state index in [-0.39, 0.29) is 52.2 Å². The molecule has 1 aliphatic rings. The van der Waals surface area contributed by atoms with Crippen LogP contribution >= 0.6 is 17.0 Å². The third kappa shape index (κ3) is 6.06. The molecule has 0 unspecified atom stereocenters. The third-order valence-corrected chi connectivity index (χ3v) is 6.33. The van der Waals surface area contributed by atoms with Crippen LogP contribution in [0.15, 0.2) is 18.2 Å². The van der Waals surface area contributed by atoms with Crippen LogP contribution in [-0.2, 0) is 12.0 Å². The molecule has 1 amide bonds. The lowest BCUT2D eigenvalue weighted by Gasteiger charge is -2.28. The van der Waals surface area contributed by atoms with Crippen molar-refractivity contribution in [2.24, 2.45) is 0 Å². The summed E-state index contributed by atoms with van der Waals surface area (Å²) in [5.41, 5.74) is 3.40. The lowest BCUT2D eigenvalue weighted by Crippen LogP contribution is -2.31. The number of anilines is 1. The number of methoxy groups -OCH3 is 1. The molecule has 0 bridgehead atoms. The van der Waals surface area contributed by atoms with Crippen LogP contribution in [0.5, 0.6) is 11.5 Å². The number of fused-ring (bicyclic) bond motifs is 1. The SMILES string of the molecule is Br.CCOc1cc2c(nc1C(=O)NC)C(=N)N(CC(=O)c1cc(N(C)CC)c(OC)c(C(C)(C)C)c1)C2. The number of carbonyl (C=O) groups is 2. The molecule has 0 spiro atoms. The number of aromatic nitrogens is 1. The van der Waals surface area contributed by atoms with E-state index in [0.717, 1.165) is 29.1 Å². The minimum absolute atomic E-state index is 0. The molecule has 9 nitrogen and oxygen atoms in total. The second-order valence-corrected chi connectivity index (χ2v) is 9.82.